The summed E-state index contributed by atoms with van der Waals surface area (Å²) < 4.78 is 2.13. The van der Waals surface area contributed by atoms with Crippen LogP contribution in [0.15, 0.2) is 60.7 Å². The van der Waals surface area contributed by atoms with Crippen LogP contribution in [-0.2, 0) is 0 Å². The molecule has 0 amide bonds. The average molecular weight is 376 g/mol. The Morgan fingerprint density at radius 1 is 0.964 bits per heavy atom. The van der Waals surface area contributed by atoms with Crippen LogP contribution in [0, 0.1) is 13.8 Å². The van der Waals surface area contributed by atoms with E-state index in [4.69, 9.17) is 0 Å². The number of hydrogen-bond acceptors (Lipinski definition) is 3. The summed E-state index contributed by atoms with van der Waals surface area (Å²) in [6, 6.07) is 20.4. The maximum atomic E-state index is 12.8. The van der Waals surface area contributed by atoms with Gasteiger partial charge < -0.3 is 14.8 Å². The summed E-state index contributed by atoms with van der Waals surface area (Å²) in [6.07, 6.45) is 0. The monoisotopic (exact) mass is 375 g/mol. The van der Waals surface area contributed by atoms with Gasteiger partial charge in [0.2, 0.25) is 0 Å². The van der Waals surface area contributed by atoms with Crippen LogP contribution in [0.2, 0.25) is 0 Å². The summed E-state index contributed by atoms with van der Waals surface area (Å²) in [5.41, 5.74) is 6.06. The Balaban J connectivity index is 1.71. The van der Waals surface area contributed by atoms with Crippen LogP contribution in [-0.4, -0.2) is 30.0 Å². The van der Waals surface area contributed by atoms with E-state index in [-0.39, 0.29) is 12.3 Å². The lowest BCUT2D eigenvalue weighted by molar-refractivity contribution is 0.101. The molecule has 0 saturated carbocycles. The van der Waals surface area contributed by atoms with Gasteiger partial charge in [-0.3, -0.25) is 4.79 Å². The van der Waals surface area contributed by atoms with Crippen LogP contribution in [0.4, 0.5) is 11.4 Å². The van der Waals surface area contributed by atoms with E-state index < -0.39 is 0 Å². The molecule has 3 rings (SSSR count). The number of carbonyl (C=O) groups is 1. The number of para-hydroxylation sites is 1. The number of anilines is 2. The zero-order valence-electron chi connectivity index (χ0n) is 17.2. The molecule has 0 unspecified atom stereocenters. The Bertz CT molecular complexity index is 922. The smallest absolute Gasteiger partial charge is 0.183 e. The molecule has 4 nitrogen and oxygen atoms in total. The number of hydrogen-bond donors (Lipinski definition) is 1. The second kappa shape index (κ2) is 8.79. The van der Waals surface area contributed by atoms with E-state index >= 15 is 0 Å². The number of benzene rings is 2. The number of Topliss-reactive ketones (excluding diaryl/α,β-unsaturated/α-hetero) is 1. The van der Waals surface area contributed by atoms with Gasteiger partial charge in [0.15, 0.2) is 5.78 Å². The summed E-state index contributed by atoms with van der Waals surface area (Å²) in [5, 5.41) is 3.26. The van der Waals surface area contributed by atoms with Gasteiger partial charge in [-0.25, -0.2) is 0 Å². The van der Waals surface area contributed by atoms with Crippen molar-refractivity contribution in [2.45, 2.75) is 27.7 Å². The third-order valence-electron chi connectivity index (χ3n) is 5.19. The Kier molecular flexibility index (Phi) is 6.19. The molecule has 0 fully saturated rings. The van der Waals surface area contributed by atoms with Crippen LogP contribution in [0.3, 0.4) is 0 Å². The molecule has 0 aliphatic carbocycles. The van der Waals surface area contributed by atoms with Crippen molar-refractivity contribution >= 4 is 17.2 Å². The number of rotatable bonds is 8. The van der Waals surface area contributed by atoms with Crippen LogP contribution >= 0.6 is 0 Å². The number of ketones is 1. The molecule has 0 radical (unpaired) electrons. The Morgan fingerprint density at radius 2 is 1.61 bits per heavy atom. The summed E-state index contributed by atoms with van der Waals surface area (Å²) in [7, 11) is 0. The molecule has 2 aromatic carbocycles. The lowest BCUT2D eigenvalue weighted by Gasteiger charge is -2.21. The normalized spacial score (nSPS) is 10.7. The Labute approximate surface area is 167 Å². The minimum absolute atomic E-state index is 0.100. The van der Waals surface area contributed by atoms with Crippen LogP contribution in [0.1, 0.15) is 35.6 Å². The molecule has 0 saturated heterocycles. The number of aryl methyl sites for hydroxylation is 1. The van der Waals surface area contributed by atoms with Crippen molar-refractivity contribution in [1.82, 2.24) is 4.57 Å². The highest BCUT2D eigenvalue weighted by molar-refractivity contribution is 6.00. The van der Waals surface area contributed by atoms with Crippen molar-refractivity contribution < 1.29 is 4.79 Å². The molecular formula is C24H29N3O. The molecule has 146 valence electrons. The lowest BCUT2D eigenvalue weighted by atomic mass is 10.1. The van der Waals surface area contributed by atoms with Gasteiger partial charge in [-0.2, -0.15) is 0 Å². The van der Waals surface area contributed by atoms with Crippen LogP contribution in [0.5, 0.6) is 0 Å². The van der Waals surface area contributed by atoms with Gasteiger partial charge in [-0.1, -0.05) is 18.2 Å². The van der Waals surface area contributed by atoms with Gasteiger partial charge >= 0.3 is 0 Å². The first-order chi connectivity index (χ1) is 13.5. The van der Waals surface area contributed by atoms with Gasteiger partial charge in [0.05, 0.1) is 6.54 Å². The first-order valence-corrected chi connectivity index (χ1v) is 9.91. The Morgan fingerprint density at radius 3 is 2.21 bits per heavy atom. The van der Waals surface area contributed by atoms with Gasteiger partial charge in [0.25, 0.3) is 0 Å². The highest BCUT2D eigenvalue weighted by atomic mass is 16.1. The predicted molar refractivity (Wildman–Crippen MR) is 118 cm³/mol. The molecule has 28 heavy (non-hydrogen) atoms. The SMILES string of the molecule is CCN(CC)c1ccc(NCC(=O)c2cc(C)n(-c3ccccc3)c2C)cc1. The van der Waals surface area contributed by atoms with E-state index in [1.807, 2.05) is 50.2 Å². The second-order valence-electron chi connectivity index (χ2n) is 6.95. The molecular weight excluding hydrogens is 346 g/mol. The van der Waals surface area contributed by atoms with Gasteiger partial charge in [0, 0.05) is 47.1 Å². The van der Waals surface area contributed by atoms with Crippen molar-refractivity contribution in [1.29, 1.82) is 0 Å². The molecule has 0 spiro atoms. The second-order valence-corrected chi connectivity index (χ2v) is 6.95. The molecule has 4 heteroatoms. The van der Waals surface area contributed by atoms with Crippen LogP contribution in [0.25, 0.3) is 5.69 Å². The highest BCUT2D eigenvalue weighted by Gasteiger charge is 2.16. The third kappa shape index (κ3) is 4.11. The molecule has 0 bridgehead atoms. The predicted octanol–water partition coefficient (Wildman–Crippen LogP) is 5.24. The number of nitrogens with one attached hydrogen (secondary N) is 1. The first-order valence-electron chi connectivity index (χ1n) is 9.91. The first kappa shape index (κ1) is 19.7. The molecule has 1 heterocycles. The number of aromatic nitrogens is 1. The maximum absolute atomic E-state index is 12.8. The van der Waals surface area contributed by atoms with Crippen LogP contribution < -0.4 is 10.2 Å². The fraction of sp³-hybridized carbons (Fsp3) is 0.292. The highest BCUT2D eigenvalue weighted by Crippen LogP contribution is 2.22. The minimum Gasteiger partial charge on any atom is -0.378 e. The van der Waals surface area contributed by atoms with E-state index in [1.165, 1.54) is 5.69 Å². The van der Waals surface area contributed by atoms with Crippen molar-refractivity contribution in [3.63, 3.8) is 0 Å². The molecule has 0 aliphatic rings. The minimum atomic E-state index is 0.100. The van der Waals surface area contributed by atoms with E-state index in [0.717, 1.165) is 41.4 Å². The third-order valence-corrected chi connectivity index (χ3v) is 5.19. The zero-order chi connectivity index (χ0) is 20.1. The summed E-state index contributed by atoms with van der Waals surface area (Å²) in [6.45, 7) is 10.6. The average Bonchev–Trinajstić information content (AvgIpc) is 3.03. The molecule has 1 N–H and O–H groups in total. The fourth-order valence-electron chi connectivity index (χ4n) is 3.68. The standard InChI is InChI=1S/C24H29N3O/c1-5-26(6-2)21-14-12-20(13-15-21)25-17-24(28)23-16-18(3)27(19(23)4)22-10-8-7-9-11-22/h7-16,25H,5-6,17H2,1-4H3. The lowest BCUT2D eigenvalue weighted by Crippen LogP contribution is -2.21. The van der Waals surface area contributed by atoms with Gasteiger partial charge in [-0.05, 0) is 70.2 Å². The van der Waals surface area contributed by atoms with Crippen molar-refractivity contribution in [2.75, 3.05) is 29.9 Å². The van der Waals surface area contributed by atoms with E-state index in [1.54, 1.807) is 0 Å². The molecule has 1 aromatic heterocycles. The molecule has 0 aliphatic heterocycles. The summed E-state index contributed by atoms with van der Waals surface area (Å²) >= 11 is 0. The summed E-state index contributed by atoms with van der Waals surface area (Å²) in [5.74, 6) is 0.100. The van der Waals surface area contributed by atoms with E-state index in [0.29, 0.717) is 0 Å². The fourth-order valence-corrected chi connectivity index (χ4v) is 3.68. The van der Waals surface area contributed by atoms with Crippen molar-refractivity contribution in [3.8, 4) is 5.69 Å². The van der Waals surface area contributed by atoms with Gasteiger partial charge in [-0.15, -0.1) is 0 Å². The number of carbonyl (C=O) groups excluding carboxylic acids is 1. The quantitative estimate of drug-likeness (QED) is 0.548. The molecule has 0 atom stereocenters. The van der Waals surface area contributed by atoms with E-state index in [9.17, 15) is 4.79 Å². The van der Waals surface area contributed by atoms with E-state index in [2.05, 4.69) is 52.9 Å². The maximum Gasteiger partial charge on any atom is 0.183 e. The Hall–Kier alpha value is -3.01. The summed E-state index contributed by atoms with van der Waals surface area (Å²) in [4.78, 5) is 15.1. The van der Waals surface area contributed by atoms with Crippen molar-refractivity contribution in [3.05, 3.63) is 77.6 Å². The van der Waals surface area contributed by atoms with Crippen molar-refractivity contribution in [2.24, 2.45) is 0 Å². The van der Waals surface area contributed by atoms with Gasteiger partial charge in [0.1, 0.15) is 0 Å². The zero-order valence-corrected chi connectivity index (χ0v) is 17.2. The largest absolute Gasteiger partial charge is 0.378 e. The topological polar surface area (TPSA) is 37.3 Å². The number of nitrogens with zero attached hydrogens (tertiary/aromatic N) is 2. The molecule has 3 aromatic rings.